The van der Waals surface area contributed by atoms with Crippen LogP contribution in [0.2, 0.25) is 0 Å². The van der Waals surface area contributed by atoms with Gasteiger partial charge in [-0.3, -0.25) is 9.69 Å². The molecular formula is C31H43N5O4S. The van der Waals surface area contributed by atoms with Gasteiger partial charge in [0.2, 0.25) is 15.9 Å². The van der Waals surface area contributed by atoms with E-state index in [0.29, 0.717) is 19.5 Å². The van der Waals surface area contributed by atoms with E-state index in [1.165, 1.54) is 11.1 Å². The minimum atomic E-state index is -3.25. The molecule has 222 valence electrons. The average molecular weight is 582 g/mol. The number of nitrogens with zero attached hydrogens (tertiary/aromatic N) is 3. The fraction of sp³-hybridized carbons (Fsp3) is 0.516. The highest BCUT2D eigenvalue weighted by Crippen LogP contribution is 2.37. The van der Waals surface area contributed by atoms with Crippen LogP contribution in [-0.2, 0) is 32.5 Å². The van der Waals surface area contributed by atoms with E-state index in [-0.39, 0.29) is 24.0 Å². The Hall–Kier alpha value is -2.76. The van der Waals surface area contributed by atoms with Crippen LogP contribution in [0.15, 0.2) is 42.6 Å². The number of carbonyl (C=O) groups excluding carboxylic acids is 1. The molecule has 0 unspecified atom stereocenters. The van der Waals surface area contributed by atoms with E-state index >= 15 is 0 Å². The Morgan fingerprint density at radius 2 is 1.76 bits per heavy atom. The lowest BCUT2D eigenvalue weighted by Gasteiger charge is -2.31. The number of aromatic amines is 1. The minimum Gasteiger partial charge on any atom is -0.379 e. The predicted octanol–water partition coefficient (Wildman–Crippen LogP) is 3.16. The number of benzene rings is 2. The van der Waals surface area contributed by atoms with Crippen molar-refractivity contribution >= 4 is 26.8 Å². The number of piperidine rings is 1. The van der Waals surface area contributed by atoms with Crippen LogP contribution in [0.4, 0.5) is 0 Å². The zero-order valence-corrected chi connectivity index (χ0v) is 25.1. The average Bonchev–Trinajstić information content (AvgIpc) is 3.38. The largest absolute Gasteiger partial charge is 0.379 e. The molecule has 1 amide bonds. The summed E-state index contributed by atoms with van der Waals surface area (Å²) in [5.41, 5.74) is 12.0. The number of hydrogen-bond acceptors (Lipinski definition) is 6. The van der Waals surface area contributed by atoms with E-state index in [1.807, 2.05) is 25.2 Å². The quantitative estimate of drug-likeness (QED) is 0.360. The van der Waals surface area contributed by atoms with Crippen LogP contribution in [0, 0.1) is 0 Å². The van der Waals surface area contributed by atoms with Gasteiger partial charge in [-0.1, -0.05) is 24.3 Å². The summed E-state index contributed by atoms with van der Waals surface area (Å²) in [6.45, 7) is 6.19. The lowest BCUT2D eigenvalue weighted by atomic mass is 9.88. The maximum atomic E-state index is 12.9. The van der Waals surface area contributed by atoms with E-state index in [4.69, 9.17) is 10.5 Å². The van der Waals surface area contributed by atoms with Gasteiger partial charge in [-0.2, -0.15) is 0 Å². The van der Waals surface area contributed by atoms with Crippen molar-refractivity contribution in [2.75, 3.05) is 65.8 Å². The molecule has 2 aliphatic heterocycles. The Balaban J connectivity index is 1.35. The van der Waals surface area contributed by atoms with E-state index in [0.717, 1.165) is 79.8 Å². The molecule has 0 atom stereocenters. The number of nitrogens with two attached hydrogens (primary N) is 1. The van der Waals surface area contributed by atoms with Crippen LogP contribution >= 0.6 is 0 Å². The Morgan fingerprint density at radius 1 is 1.05 bits per heavy atom. The predicted molar refractivity (Wildman–Crippen MR) is 163 cm³/mol. The third-order valence-corrected chi connectivity index (χ3v) is 10.3. The molecule has 2 aromatic carbocycles. The maximum absolute atomic E-state index is 12.9. The van der Waals surface area contributed by atoms with Gasteiger partial charge in [-0.15, -0.1) is 0 Å². The van der Waals surface area contributed by atoms with Gasteiger partial charge in [0.15, 0.2) is 0 Å². The molecule has 2 fully saturated rings. The van der Waals surface area contributed by atoms with Gasteiger partial charge in [0, 0.05) is 49.8 Å². The Labute approximate surface area is 243 Å². The number of amides is 1. The van der Waals surface area contributed by atoms with Crippen LogP contribution in [0.25, 0.3) is 22.0 Å². The third kappa shape index (κ3) is 7.37. The van der Waals surface area contributed by atoms with Crippen molar-refractivity contribution in [3.63, 3.8) is 0 Å². The summed E-state index contributed by atoms with van der Waals surface area (Å²) >= 11 is 0. The molecule has 1 aromatic heterocycles. The van der Waals surface area contributed by atoms with Gasteiger partial charge in [0.05, 0.1) is 25.4 Å². The van der Waals surface area contributed by atoms with E-state index in [9.17, 15) is 13.2 Å². The van der Waals surface area contributed by atoms with Crippen molar-refractivity contribution in [2.45, 2.75) is 38.1 Å². The summed E-state index contributed by atoms with van der Waals surface area (Å²) in [5, 5.41) is 1.09. The summed E-state index contributed by atoms with van der Waals surface area (Å²) in [4.78, 5) is 19.8. The van der Waals surface area contributed by atoms with Gasteiger partial charge < -0.3 is 20.4 Å². The highest BCUT2D eigenvalue weighted by molar-refractivity contribution is 7.89. The Kier molecular flexibility index (Phi) is 9.45. The lowest BCUT2D eigenvalue weighted by Crippen LogP contribution is -2.39. The molecule has 5 rings (SSSR count). The molecule has 10 heteroatoms. The molecule has 3 aromatic rings. The molecule has 41 heavy (non-hydrogen) atoms. The second-order valence-corrected chi connectivity index (χ2v) is 13.8. The number of sulfonamides is 1. The van der Waals surface area contributed by atoms with Gasteiger partial charge in [-0.05, 0) is 85.8 Å². The first-order valence-corrected chi connectivity index (χ1v) is 16.2. The number of H-pyrrole nitrogens is 1. The normalized spacial score (nSPS) is 17.9. The van der Waals surface area contributed by atoms with Crippen LogP contribution in [0.3, 0.4) is 0 Å². The monoisotopic (exact) mass is 581 g/mol. The summed E-state index contributed by atoms with van der Waals surface area (Å²) in [7, 11) is 0.668. The molecular weight excluding hydrogens is 538 g/mol. The number of hydrogen-bond donors (Lipinski definition) is 2. The van der Waals surface area contributed by atoms with Crippen LogP contribution < -0.4 is 5.73 Å². The Morgan fingerprint density at radius 3 is 2.41 bits per heavy atom. The molecule has 0 spiro atoms. The molecule has 3 heterocycles. The van der Waals surface area contributed by atoms with Gasteiger partial charge in [0.1, 0.15) is 0 Å². The maximum Gasteiger partial charge on any atom is 0.221 e. The number of primary amides is 1. The lowest BCUT2D eigenvalue weighted by molar-refractivity contribution is -0.117. The van der Waals surface area contributed by atoms with E-state index in [2.05, 4.69) is 46.3 Å². The van der Waals surface area contributed by atoms with E-state index in [1.54, 1.807) is 4.31 Å². The standard InChI is InChI=1S/C31H43N5O4S/c1-34(2)10-3-17-41(38,39)36-11-8-25(9-12-36)29-21-33-31-27(20-30(32)37)18-26(19-28(29)31)24-6-4-23(5-7-24)22-35-13-15-40-16-14-35/h4-7,18-19,21,25,33H,3,8-17,20,22H2,1-2H3,(H2,32,37). The second-order valence-electron chi connectivity index (χ2n) is 11.7. The summed E-state index contributed by atoms with van der Waals surface area (Å²) in [6, 6.07) is 12.9. The SMILES string of the molecule is CN(C)CCCS(=O)(=O)N1CCC(c2c[nH]c3c(CC(N)=O)cc(-c4ccc(CN5CCOCC5)cc4)cc23)CC1. The van der Waals surface area contributed by atoms with Crippen molar-refractivity contribution < 1.29 is 17.9 Å². The van der Waals surface area contributed by atoms with Crippen molar-refractivity contribution in [1.82, 2.24) is 19.1 Å². The van der Waals surface area contributed by atoms with Gasteiger partial charge in [-0.25, -0.2) is 12.7 Å². The molecule has 3 N–H and O–H groups in total. The first-order valence-electron chi connectivity index (χ1n) is 14.6. The highest BCUT2D eigenvalue weighted by Gasteiger charge is 2.30. The van der Waals surface area contributed by atoms with Crippen molar-refractivity contribution in [2.24, 2.45) is 5.73 Å². The molecule has 0 bridgehead atoms. The van der Waals surface area contributed by atoms with Gasteiger partial charge in [0.25, 0.3) is 0 Å². The summed E-state index contributed by atoms with van der Waals surface area (Å²) < 4.78 is 32.9. The van der Waals surface area contributed by atoms with Gasteiger partial charge >= 0.3 is 0 Å². The number of nitrogens with one attached hydrogen (secondary N) is 1. The van der Waals surface area contributed by atoms with E-state index < -0.39 is 10.0 Å². The van der Waals surface area contributed by atoms with Crippen LogP contribution in [0.1, 0.15) is 41.9 Å². The Bertz CT molecular complexity index is 1440. The zero-order valence-electron chi connectivity index (χ0n) is 24.3. The first kappa shape index (κ1) is 29.7. The van der Waals surface area contributed by atoms with Crippen molar-refractivity contribution in [1.29, 1.82) is 0 Å². The summed E-state index contributed by atoms with van der Waals surface area (Å²) in [6.07, 6.45) is 4.37. The molecule has 0 saturated carbocycles. The molecule has 9 nitrogen and oxygen atoms in total. The van der Waals surface area contributed by atoms with Crippen molar-refractivity contribution in [3.05, 3.63) is 59.3 Å². The van der Waals surface area contributed by atoms with Crippen molar-refractivity contribution in [3.8, 4) is 11.1 Å². The number of carbonyl (C=O) groups is 1. The number of ether oxygens (including phenoxy) is 1. The minimum absolute atomic E-state index is 0.156. The number of morpholine rings is 1. The first-order chi connectivity index (χ1) is 19.7. The van der Waals surface area contributed by atoms with Crippen LogP contribution in [-0.4, -0.2) is 99.2 Å². The molecule has 2 saturated heterocycles. The highest BCUT2D eigenvalue weighted by atomic mass is 32.2. The number of aromatic nitrogens is 1. The molecule has 0 radical (unpaired) electrons. The smallest absolute Gasteiger partial charge is 0.221 e. The van der Waals surface area contributed by atoms with Crippen LogP contribution in [0.5, 0.6) is 0 Å². The summed E-state index contributed by atoms with van der Waals surface area (Å²) in [5.74, 6) is 0.0615. The fourth-order valence-electron chi connectivity index (χ4n) is 6.12. The number of rotatable bonds is 11. The zero-order chi connectivity index (χ0) is 29.0. The molecule has 0 aliphatic carbocycles. The fourth-order valence-corrected chi connectivity index (χ4v) is 7.64. The number of fused-ring (bicyclic) bond motifs is 1. The topological polar surface area (TPSA) is 112 Å². The third-order valence-electron chi connectivity index (χ3n) is 8.36. The molecule has 2 aliphatic rings. The second kappa shape index (κ2) is 13.0.